The molecule has 18 heteroatoms. The second-order valence-corrected chi connectivity index (χ2v) is 4.38. The van der Waals surface area contributed by atoms with Gasteiger partial charge in [-0.05, 0) is 12.1 Å². The van der Waals surface area contributed by atoms with Crippen LogP contribution in [0.25, 0.3) is 11.0 Å². The summed E-state index contributed by atoms with van der Waals surface area (Å²) in [4.78, 5) is 3.87. The number of hydrogen-bond acceptors (Lipinski definition) is 8. The molecular weight excluding hydrogens is 497 g/mol. The first-order valence-corrected chi connectivity index (χ1v) is 6.54. The molecule has 0 saturated heterocycles. The van der Waals surface area contributed by atoms with Crippen LogP contribution < -0.4 is 0 Å². The molecule has 3 aromatic rings. The molecule has 0 amide bonds. The molecule has 16 N–H and O–H groups in total. The summed E-state index contributed by atoms with van der Waals surface area (Å²) in [5, 5.41) is 12.1. The van der Waals surface area contributed by atoms with Crippen LogP contribution in [-0.4, -0.2) is 58.2 Å². The molecule has 0 spiro atoms. The zero-order valence-corrected chi connectivity index (χ0v) is 18.8. The third-order valence-electron chi connectivity index (χ3n) is 2.17. The van der Waals surface area contributed by atoms with Gasteiger partial charge in [0.05, 0.1) is 5.52 Å². The first-order valence-electron chi connectivity index (χ1n) is 5.21. The Morgan fingerprint density at radius 1 is 1.00 bits per heavy atom. The van der Waals surface area contributed by atoms with E-state index in [1.54, 1.807) is 15.7 Å². The third-order valence-corrected chi connectivity index (χ3v) is 2.17. The van der Waals surface area contributed by atoms with Gasteiger partial charge in [-0.3, -0.25) is 8.42 Å². The summed E-state index contributed by atoms with van der Waals surface area (Å²) < 4.78 is 37.6. The maximum Gasteiger partial charge on any atom is 2.00 e. The molecule has 27 heavy (non-hydrogen) atoms. The van der Waals surface area contributed by atoms with E-state index in [0.717, 1.165) is 11.0 Å². The Labute approximate surface area is 172 Å². The average Bonchev–Trinajstić information content (AvgIpc) is 2.98. The number of aromatic nitrogens is 6. The second kappa shape index (κ2) is 17.7. The van der Waals surface area contributed by atoms with E-state index >= 15 is 0 Å². The van der Waals surface area contributed by atoms with Crippen LogP contribution in [0.5, 0.6) is 0 Å². The molecule has 3 rings (SSSR count). The van der Waals surface area contributed by atoms with Crippen LogP contribution in [0.15, 0.2) is 36.9 Å². The Morgan fingerprint density at radius 2 is 1.52 bits per heavy atom. The van der Waals surface area contributed by atoms with E-state index in [4.69, 9.17) is 17.5 Å². The van der Waals surface area contributed by atoms with Gasteiger partial charge in [0.1, 0.15) is 24.8 Å². The molecule has 154 valence electrons. The number of para-hydroxylation sites is 1. The summed E-state index contributed by atoms with van der Waals surface area (Å²) >= 11 is 0. The molecule has 1 aromatic carbocycles. The van der Waals surface area contributed by atoms with E-state index in [1.807, 2.05) is 24.3 Å². The molecule has 0 bridgehead atoms. The SMILES string of the molecule is O.O.O=S(=O)([O-])[O-].[Cd+2].[OH3+].[OH3+].[OH3+].[OH3+].c1ccc2c(c1)nnn2Cn1cncn1. The summed E-state index contributed by atoms with van der Waals surface area (Å²) in [7, 11) is -5.17. The molecular formula is C9H24CdN6O10S+4. The van der Waals surface area contributed by atoms with Gasteiger partial charge in [-0.15, -0.1) is 5.10 Å². The Hall–Kier alpha value is -1.69. The third kappa shape index (κ3) is 14.1. The van der Waals surface area contributed by atoms with Crippen molar-refractivity contribution in [3.05, 3.63) is 36.9 Å². The molecule has 0 aliphatic rings. The quantitative estimate of drug-likeness (QED) is 0.135. The molecule has 0 unspecified atom stereocenters. The molecule has 0 aliphatic heterocycles. The van der Waals surface area contributed by atoms with Crippen LogP contribution in [-0.2, 0) is 66.3 Å². The van der Waals surface area contributed by atoms with Crippen molar-refractivity contribution < 1.29 is 77.7 Å². The van der Waals surface area contributed by atoms with Crippen molar-refractivity contribution in [2.45, 2.75) is 6.67 Å². The van der Waals surface area contributed by atoms with Gasteiger partial charge in [0.2, 0.25) is 0 Å². The molecule has 2 aromatic heterocycles. The van der Waals surface area contributed by atoms with Crippen molar-refractivity contribution in [1.82, 2.24) is 29.8 Å². The van der Waals surface area contributed by atoms with E-state index in [9.17, 15) is 0 Å². The molecule has 0 saturated carbocycles. The van der Waals surface area contributed by atoms with Gasteiger partial charge in [-0.25, -0.2) is 14.3 Å². The number of fused-ring (bicyclic) bond motifs is 1. The Bertz CT molecular complexity index is 790. The minimum atomic E-state index is -5.17. The normalized spacial score (nSPS) is 8.22. The average molecular weight is 521 g/mol. The summed E-state index contributed by atoms with van der Waals surface area (Å²) in [6.45, 7) is 0.528. The zero-order chi connectivity index (χ0) is 14.6. The monoisotopic (exact) mass is 522 g/mol. The summed E-state index contributed by atoms with van der Waals surface area (Å²) in [6, 6.07) is 7.81. The number of hydrogen-bond donors (Lipinski definition) is 0. The van der Waals surface area contributed by atoms with Crippen LogP contribution in [0.2, 0.25) is 0 Å². The fourth-order valence-corrected chi connectivity index (χ4v) is 1.46. The van der Waals surface area contributed by atoms with Crippen LogP contribution in [0.1, 0.15) is 0 Å². The van der Waals surface area contributed by atoms with Crippen molar-refractivity contribution in [1.29, 1.82) is 0 Å². The van der Waals surface area contributed by atoms with E-state index < -0.39 is 10.4 Å². The van der Waals surface area contributed by atoms with Crippen LogP contribution in [0.4, 0.5) is 0 Å². The van der Waals surface area contributed by atoms with E-state index in [1.165, 1.54) is 6.33 Å². The van der Waals surface area contributed by atoms with Crippen molar-refractivity contribution >= 4 is 21.4 Å². The molecule has 0 fully saturated rings. The largest absolute Gasteiger partial charge is 2.00 e. The molecule has 0 aliphatic carbocycles. The molecule has 2 heterocycles. The van der Waals surface area contributed by atoms with Gasteiger partial charge in [0.15, 0.2) is 0 Å². The standard InChI is InChI=1S/C9H8N6.Cd.H2O4S.6H2O/c1-2-4-9-8(3-1)12-13-15(9)7-14-6-10-5-11-14;;1-5(2,3)4;;;;;;/h1-6H,7H2;;(H2,1,2,3,4);6*1H2/q;+2;;;;;;;/p+2. The molecule has 0 atom stereocenters. The summed E-state index contributed by atoms with van der Waals surface area (Å²) in [5.41, 5.74) is 1.88. The van der Waals surface area contributed by atoms with Crippen molar-refractivity contribution in [2.24, 2.45) is 0 Å². The zero-order valence-electron chi connectivity index (χ0n) is 13.9. The maximum absolute atomic E-state index is 8.52. The van der Waals surface area contributed by atoms with Crippen LogP contribution in [0.3, 0.4) is 0 Å². The van der Waals surface area contributed by atoms with Gasteiger partial charge in [0, 0.05) is 10.4 Å². The van der Waals surface area contributed by atoms with Crippen LogP contribution in [0, 0.1) is 0 Å². The van der Waals surface area contributed by atoms with Gasteiger partial charge in [-0.1, -0.05) is 17.3 Å². The number of rotatable bonds is 2. The minimum Gasteiger partial charge on any atom is -0.759 e. The van der Waals surface area contributed by atoms with Gasteiger partial charge < -0.3 is 42.0 Å². The molecule has 0 radical (unpaired) electrons. The first-order chi connectivity index (χ1) is 9.43. The van der Waals surface area contributed by atoms with Crippen molar-refractivity contribution in [3.8, 4) is 0 Å². The molecule has 16 nitrogen and oxygen atoms in total. The Kier molecular flexibility index (Phi) is 26.3. The second-order valence-electron chi connectivity index (χ2n) is 3.56. The minimum absolute atomic E-state index is 0. The van der Waals surface area contributed by atoms with Crippen molar-refractivity contribution in [3.63, 3.8) is 0 Å². The number of benzene rings is 1. The smallest absolute Gasteiger partial charge is 0.759 e. The number of nitrogens with zero attached hydrogens (tertiary/aromatic N) is 6. The van der Waals surface area contributed by atoms with Gasteiger partial charge in [0.25, 0.3) is 0 Å². The Balaban J connectivity index is -0.0000000839. The first kappa shape index (κ1) is 40.1. The van der Waals surface area contributed by atoms with Gasteiger partial charge >= 0.3 is 27.3 Å². The van der Waals surface area contributed by atoms with Crippen molar-refractivity contribution in [2.75, 3.05) is 0 Å². The topological polar surface area (TPSA) is 337 Å². The Morgan fingerprint density at radius 3 is 2.00 bits per heavy atom. The van der Waals surface area contributed by atoms with Crippen LogP contribution >= 0.6 is 0 Å². The fourth-order valence-electron chi connectivity index (χ4n) is 1.46. The van der Waals surface area contributed by atoms with E-state index in [2.05, 4.69) is 20.4 Å². The predicted molar refractivity (Wildman–Crippen MR) is 90.1 cm³/mol. The maximum atomic E-state index is 8.52. The fraction of sp³-hybridized carbons (Fsp3) is 0.111. The predicted octanol–water partition coefficient (Wildman–Crippen LogP) is -6.15. The van der Waals surface area contributed by atoms with Gasteiger partial charge in [-0.2, -0.15) is 5.10 Å². The summed E-state index contributed by atoms with van der Waals surface area (Å²) in [5.74, 6) is 0. The van der Waals surface area contributed by atoms with E-state index in [0.29, 0.717) is 6.67 Å². The van der Waals surface area contributed by atoms with E-state index in [-0.39, 0.29) is 60.2 Å². The summed E-state index contributed by atoms with van der Waals surface area (Å²) in [6.07, 6.45) is 3.15.